The summed E-state index contributed by atoms with van der Waals surface area (Å²) in [4.78, 5) is 0. The van der Waals surface area contributed by atoms with E-state index < -0.39 is 0 Å². The van der Waals surface area contributed by atoms with Crippen molar-refractivity contribution in [1.82, 2.24) is 15.5 Å². The molecule has 0 aromatic carbocycles. The van der Waals surface area contributed by atoms with Crippen LogP contribution in [-0.2, 0) is 0 Å². The van der Waals surface area contributed by atoms with Crippen molar-refractivity contribution >= 4 is 6.01 Å². The maximum atomic E-state index is 5.49. The number of nitrogens with one attached hydrogen (secondary N) is 2. The predicted octanol–water partition coefficient (Wildman–Crippen LogP) is 2.20. The second kappa shape index (κ2) is 5.84. The van der Waals surface area contributed by atoms with Crippen LogP contribution in [0.4, 0.5) is 6.01 Å². The van der Waals surface area contributed by atoms with E-state index in [4.69, 9.17) is 4.42 Å². The average Bonchev–Trinajstić information content (AvgIpc) is 2.63. The predicted molar refractivity (Wildman–Crippen MR) is 64.3 cm³/mol. The Bertz CT molecular complexity index is 311. The van der Waals surface area contributed by atoms with Gasteiger partial charge in [-0.3, -0.25) is 0 Å². The molecule has 1 aromatic rings. The maximum absolute atomic E-state index is 5.49. The second-order valence-electron chi connectivity index (χ2n) is 4.63. The molecule has 0 saturated carbocycles. The molecule has 0 saturated heterocycles. The number of hydrogen-bond acceptors (Lipinski definition) is 5. The molecule has 0 aliphatic carbocycles. The fraction of sp³-hybridized carbons (Fsp3) is 0.818. The van der Waals surface area contributed by atoms with Gasteiger partial charge in [-0.2, -0.15) is 0 Å². The first-order chi connectivity index (χ1) is 7.52. The maximum Gasteiger partial charge on any atom is 0.315 e. The van der Waals surface area contributed by atoms with E-state index in [2.05, 4.69) is 41.6 Å². The van der Waals surface area contributed by atoms with Crippen LogP contribution in [0.2, 0.25) is 0 Å². The topological polar surface area (TPSA) is 63.0 Å². The highest BCUT2D eigenvalue weighted by atomic mass is 16.4. The summed E-state index contributed by atoms with van der Waals surface area (Å²) in [5, 5.41) is 14.2. The number of anilines is 1. The van der Waals surface area contributed by atoms with Crippen molar-refractivity contribution in [2.45, 2.75) is 46.2 Å². The first-order valence-corrected chi connectivity index (χ1v) is 5.80. The first-order valence-electron chi connectivity index (χ1n) is 5.80. The van der Waals surface area contributed by atoms with E-state index in [1.54, 1.807) is 0 Å². The molecule has 1 rings (SSSR count). The molecule has 2 N–H and O–H groups in total. The molecule has 0 spiro atoms. The van der Waals surface area contributed by atoms with Crippen molar-refractivity contribution in [3.63, 3.8) is 0 Å². The van der Waals surface area contributed by atoms with Crippen LogP contribution in [0.15, 0.2) is 4.42 Å². The van der Waals surface area contributed by atoms with Gasteiger partial charge < -0.3 is 15.1 Å². The Morgan fingerprint density at radius 2 is 1.88 bits per heavy atom. The highest BCUT2D eigenvalue weighted by Gasteiger charge is 2.13. The molecule has 16 heavy (non-hydrogen) atoms. The Morgan fingerprint density at radius 1 is 1.19 bits per heavy atom. The Kier molecular flexibility index (Phi) is 4.73. The van der Waals surface area contributed by atoms with Crippen LogP contribution in [-0.4, -0.2) is 23.3 Å². The summed E-state index contributed by atoms with van der Waals surface area (Å²) in [5.41, 5.74) is 0. The molecule has 1 heterocycles. The zero-order valence-corrected chi connectivity index (χ0v) is 10.7. The van der Waals surface area contributed by atoms with Crippen LogP contribution in [0.1, 0.15) is 46.0 Å². The largest absolute Gasteiger partial charge is 0.406 e. The van der Waals surface area contributed by atoms with Crippen molar-refractivity contribution in [3.05, 3.63) is 5.89 Å². The van der Waals surface area contributed by atoms with Crippen molar-refractivity contribution in [2.24, 2.45) is 5.92 Å². The Labute approximate surface area is 97.0 Å². The average molecular weight is 226 g/mol. The third kappa shape index (κ3) is 3.81. The molecular weight excluding hydrogens is 204 g/mol. The van der Waals surface area contributed by atoms with Crippen LogP contribution in [0.5, 0.6) is 0 Å². The molecule has 0 aliphatic rings. The third-order valence-electron chi connectivity index (χ3n) is 2.44. The third-order valence-corrected chi connectivity index (χ3v) is 2.44. The van der Waals surface area contributed by atoms with Gasteiger partial charge in [0.2, 0.25) is 5.89 Å². The Morgan fingerprint density at radius 3 is 2.44 bits per heavy atom. The standard InChI is InChI=1S/C11H22N4O/c1-7(2)6-8(3)13-11-15-14-10(16-11)9(4)12-5/h7-9,12H,6H2,1-5H3,(H,13,15). The molecule has 0 bridgehead atoms. The second-order valence-corrected chi connectivity index (χ2v) is 4.63. The smallest absolute Gasteiger partial charge is 0.315 e. The van der Waals surface area contributed by atoms with Crippen LogP contribution >= 0.6 is 0 Å². The van der Waals surface area contributed by atoms with Crippen molar-refractivity contribution in [3.8, 4) is 0 Å². The summed E-state index contributed by atoms with van der Waals surface area (Å²) >= 11 is 0. The van der Waals surface area contributed by atoms with E-state index >= 15 is 0 Å². The summed E-state index contributed by atoms with van der Waals surface area (Å²) in [6, 6.07) is 0.937. The van der Waals surface area contributed by atoms with Crippen LogP contribution in [0.25, 0.3) is 0 Å². The van der Waals surface area contributed by atoms with E-state index in [-0.39, 0.29) is 6.04 Å². The fourth-order valence-electron chi connectivity index (χ4n) is 1.57. The SMILES string of the molecule is CNC(C)c1nnc(NC(C)CC(C)C)o1. The number of hydrogen-bond donors (Lipinski definition) is 2. The number of aromatic nitrogens is 2. The molecule has 5 heteroatoms. The van der Waals surface area contributed by atoms with Gasteiger partial charge in [0.1, 0.15) is 0 Å². The summed E-state index contributed by atoms with van der Waals surface area (Å²) in [7, 11) is 1.86. The lowest BCUT2D eigenvalue weighted by Crippen LogP contribution is -2.17. The molecular formula is C11H22N4O. The first kappa shape index (κ1) is 13.0. The zero-order chi connectivity index (χ0) is 12.1. The number of nitrogens with zero attached hydrogens (tertiary/aromatic N) is 2. The van der Waals surface area contributed by atoms with Gasteiger partial charge in [0, 0.05) is 6.04 Å². The lowest BCUT2D eigenvalue weighted by Gasteiger charge is -2.13. The fourth-order valence-corrected chi connectivity index (χ4v) is 1.57. The van der Waals surface area contributed by atoms with Gasteiger partial charge >= 0.3 is 6.01 Å². The highest BCUT2D eigenvalue weighted by Crippen LogP contribution is 2.15. The quantitative estimate of drug-likeness (QED) is 0.778. The summed E-state index contributed by atoms with van der Waals surface area (Å²) in [6.07, 6.45) is 1.08. The van der Waals surface area contributed by atoms with Gasteiger partial charge in [-0.25, -0.2) is 0 Å². The highest BCUT2D eigenvalue weighted by molar-refractivity contribution is 5.19. The molecule has 92 valence electrons. The van der Waals surface area contributed by atoms with Gasteiger partial charge in [0.05, 0.1) is 6.04 Å². The van der Waals surface area contributed by atoms with E-state index in [0.29, 0.717) is 23.9 Å². The summed E-state index contributed by atoms with van der Waals surface area (Å²) in [5.74, 6) is 1.27. The molecule has 0 fully saturated rings. The minimum absolute atomic E-state index is 0.0865. The Balaban J connectivity index is 2.51. The monoisotopic (exact) mass is 226 g/mol. The van der Waals surface area contributed by atoms with E-state index in [9.17, 15) is 0 Å². The van der Waals surface area contributed by atoms with Gasteiger partial charge in [-0.15, -0.1) is 5.10 Å². The van der Waals surface area contributed by atoms with E-state index in [0.717, 1.165) is 6.42 Å². The number of rotatable bonds is 6. The van der Waals surface area contributed by atoms with Crippen molar-refractivity contribution < 1.29 is 4.42 Å². The zero-order valence-electron chi connectivity index (χ0n) is 10.7. The van der Waals surface area contributed by atoms with Gasteiger partial charge in [-0.1, -0.05) is 18.9 Å². The minimum atomic E-state index is 0.0865. The van der Waals surface area contributed by atoms with Crippen LogP contribution < -0.4 is 10.6 Å². The Hall–Kier alpha value is -1.10. The normalized spacial score (nSPS) is 15.1. The molecule has 1 aromatic heterocycles. The van der Waals surface area contributed by atoms with Crippen LogP contribution in [0, 0.1) is 5.92 Å². The summed E-state index contributed by atoms with van der Waals surface area (Å²) in [6.45, 7) is 8.49. The van der Waals surface area contributed by atoms with Gasteiger partial charge in [0.15, 0.2) is 0 Å². The van der Waals surface area contributed by atoms with Gasteiger partial charge in [0.25, 0.3) is 0 Å². The molecule has 0 radical (unpaired) electrons. The lowest BCUT2D eigenvalue weighted by molar-refractivity contribution is 0.434. The van der Waals surface area contributed by atoms with Crippen molar-refractivity contribution in [1.29, 1.82) is 0 Å². The molecule has 0 amide bonds. The molecule has 0 aliphatic heterocycles. The van der Waals surface area contributed by atoms with E-state index in [1.165, 1.54) is 0 Å². The van der Waals surface area contributed by atoms with Crippen LogP contribution in [0.3, 0.4) is 0 Å². The summed E-state index contributed by atoms with van der Waals surface area (Å²) < 4.78 is 5.49. The molecule has 2 atom stereocenters. The molecule has 5 nitrogen and oxygen atoms in total. The minimum Gasteiger partial charge on any atom is -0.406 e. The molecule has 2 unspecified atom stereocenters. The lowest BCUT2D eigenvalue weighted by atomic mass is 10.1. The van der Waals surface area contributed by atoms with Crippen molar-refractivity contribution in [2.75, 3.05) is 12.4 Å². The van der Waals surface area contributed by atoms with Gasteiger partial charge in [-0.05, 0) is 33.2 Å². The van der Waals surface area contributed by atoms with E-state index in [1.807, 2.05) is 14.0 Å².